The third kappa shape index (κ3) is 2.45. The van der Waals surface area contributed by atoms with Crippen molar-refractivity contribution in [3.63, 3.8) is 0 Å². The van der Waals surface area contributed by atoms with Gasteiger partial charge in [0.15, 0.2) is 0 Å². The molecule has 1 aliphatic carbocycles. The van der Waals surface area contributed by atoms with Crippen molar-refractivity contribution >= 4 is 22.6 Å². The van der Waals surface area contributed by atoms with Crippen LogP contribution in [-0.4, -0.2) is 0 Å². The minimum atomic E-state index is -0.168. The summed E-state index contributed by atoms with van der Waals surface area (Å²) in [5.41, 5.74) is 6.63. The molecule has 0 aromatic heterocycles. The van der Waals surface area contributed by atoms with Gasteiger partial charge in [0.2, 0.25) is 0 Å². The van der Waals surface area contributed by atoms with Gasteiger partial charge in [-0.25, -0.2) is 4.39 Å². The maximum atomic E-state index is 13.4. The molecule has 1 aromatic rings. The molecule has 0 bridgehead atoms. The molecule has 2 rings (SSSR count). The van der Waals surface area contributed by atoms with Crippen molar-refractivity contribution in [2.75, 3.05) is 0 Å². The zero-order chi connectivity index (χ0) is 10.1. The highest BCUT2D eigenvalue weighted by atomic mass is 127. The van der Waals surface area contributed by atoms with Gasteiger partial charge in [0.25, 0.3) is 0 Å². The predicted molar refractivity (Wildman–Crippen MR) is 63.4 cm³/mol. The van der Waals surface area contributed by atoms with Gasteiger partial charge in [-0.05, 0) is 53.1 Å². The Hall–Kier alpha value is -0.160. The van der Waals surface area contributed by atoms with Gasteiger partial charge in [-0.15, -0.1) is 0 Å². The van der Waals surface area contributed by atoms with Gasteiger partial charge < -0.3 is 5.73 Å². The van der Waals surface area contributed by atoms with E-state index < -0.39 is 0 Å². The molecule has 0 amide bonds. The summed E-state index contributed by atoms with van der Waals surface area (Å²) in [6.45, 7) is 0. The first-order valence-electron chi connectivity index (χ1n) is 4.87. The lowest BCUT2D eigenvalue weighted by molar-refractivity contribution is 0.542. The Morgan fingerprint density at radius 2 is 2.21 bits per heavy atom. The van der Waals surface area contributed by atoms with Crippen LogP contribution >= 0.6 is 22.6 Å². The Balaban J connectivity index is 2.15. The second-order valence-corrected chi connectivity index (χ2v) is 5.20. The van der Waals surface area contributed by atoms with Crippen LogP contribution in [0.1, 0.15) is 30.9 Å². The first-order chi connectivity index (χ1) is 6.66. The fourth-order valence-electron chi connectivity index (χ4n) is 1.64. The molecule has 2 N–H and O–H groups in total. The normalized spacial score (nSPS) is 18.2. The SMILES string of the molecule is N[C@@H](CC1CC1)c1cc(I)ccc1F. The summed E-state index contributed by atoms with van der Waals surface area (Å²) in [6, 6.07) is 4.99. The van der Waals surface area contributed by atoms with Crippen molar-refractivity contribution in [2.24, 2.45) is 11.7 Å². The molecule has 1 atom stereocenters. The summed E-state index contributed by atoms with van der Waals surface area (Å²) >= 11 is 2.18. The fraction of sp³-hybridized carbons (Fsp3) is 0.455. The van der Waals surface area contributed by atoms with Crippen molar-refractivity contribution < 1.29 is 4.39 Å². The van der Waals surface area contributed by atoms with E-state index >= 15 is 0 Å². The molecule has 0 saturated heterocycles. The summed E-state index contributed by atoms with van der Waals surface area (Å²) in [4.78, 5) is 0. The van der Waals surface area contributed by atoms with Crippen molar-refractivity contribution in [1.29, 1.82) is 0 Å². The zero-order valence-electron chi connectivity index (χ0n) is 7.84. The van der Waals surface area contributed by atoms with Crippen LogP contribution in [0.2, 0.25) is 0 Å². The molecular formula is C11H13FIN. The van der Waals surface area contributed by atoms with Gasteiger partial charge in [0.05, 0.1) is 0 Å². The van der Waals surface area contributed by atoms with Gasteiger partial charge in [0.1, 0.15) is 5.82 Å². The van der Waals surface area contributed by atoms with E-state index in [-0.39, 0.29) is 11.9 Å². The van der Waals surface area contributed by atoms with Gasteiger partial charge in [-0.3, -0.25) is 0 Å². The van der Waals surface area contributed by atoms with Gasteiger partial charge in [-0.1, -0.05) is 12.8 Å². The van der Waals surface area contributed by atoms with Gasteiger partial charge in [0, 0.05) is 15.2 Å². The lowest BCUT2D eigenvalue weighted by Crippen LogP contribution is -2.13. The van der Waals surface area contributed by atoms with E-state index in [1.807, 2.05) is 6.07 Å². The molecule has 3 heteroatoms. The molecule has 76 valence electrons. The first kappa shape index (κ1) is 10.4. The molecule has 1 fully saturated rings. The van der Waals surface area contributed by atoms with Crippen LogP contribution in [0.5, 0.6) is 0 Å². The number of nitrogens with two attached hydrogens (primary N) is 1. The van der Waals surface area contributed by atoms with Crippen molar-refractivity contribution in [3.05, 3.63) is 33.1 Å². The Labute approximate surface area is 97.0 Å². The van der Waals surface area contributed by atoms with Crippen molar-refractivity contribution in [3.8, 4) is 0 Å². The number of hydrogen-bond acceptors (Lipinski definition) is 1. The monoisotopic (exact) mass is 305 g/mol. The molecule has 0 unspecified atom stereocenters. The number of benzene rings is 1. The minimum Gasteiger partial charge on any atom is -0.324 e. The lowest BCUT2D eigenvalue weighted by atomic mass is 10.0. The Morgan fingerprint density at radius 1 is 1.50 bits per heavy atom. The summed E-state index contributed by atoms with van der Waals surface area (Å²) in [6.07, 6.45) is 3.45. The average molecular weight is 305 g/mol. The largest absolute Gasteiger partial charge is 0.324 e. The van der Waals surface area contributed by atoms with E-state index in [0.29, 0.717) is 5.56 Å². The third-order valence-corrected chi connectivity index (χ3v) is 3.31. The smallest absolute Gasteiger partial charge is 0.128 e. The van der Waals surface area contributed by atoms with Crippen molar-refractivity contribution in [1.82, 2.24) is 0 Å². The Kier molecular flexibility index (Phi) is 3.07. The quantitative estimate of drug-likeness (QED) is 0.853. The lowest BCUT2D eigenvalue weighted by Gasteiger charge is -2.12. The molecule has 1 aliphatic rings. The first-order valence-corrected chi connectivity index (χ1v) is 5.95. The van der Waals surface area contributed by atoms with Crippen LogP contribution in [0.25, 0.3) is 0 Å². The predicted octanol–water partition coefficient (Wildman–Crippen LogP) is 3.23. The number of halogens is 2. The Bertz CT molecular complexity index is 336. The van der Waals surface area contributed by atoms with Crippen LogP contribution in [0, 0.1) is 15.3 Å². The van der Waals surface area contributed by atoms with E-state index in [0.717, 1.165) is 15.9 Å². The standard InChI is InChI=1S/C11H13FIN/c12-10-4-3-8(13)6-9(10)11(14)5-7-1-2-7/h3-4,6-7,11H,1-2,5,14H2/t11-/m0/s1. The van der Waals surface area contributed by atoms with E-state index in [4.69, 9.17) is 5.73 Å². The third-order valence-electron chi connectivity index (χ3n) is 2.64. The second-order valence-electron chi connectivity index (χ2n) is 3.95. The summed E-state index contributed by atoms with van der Waals surface area (Å²) in [5.74, 6) is 0.570. The average Bonchev–Trinajstić information content (AvgIpc) is 2.93. The second kappa shape index (κ2) is 4.14. The fourth-order valence-corrected chi connectivity index (χ4v) is 2.15. The van der Waals surface area contributed by atoms with Crippen LogP contribution in [0.4, 0.5) is 4.39 Å². The minimum absolute atomic E-state index is 0.128. The molecule has 1 saturated carbocycles. The van der Waals surface area contributed by atoms with Crippen LogP contribution in [0.15, 0.2) is 18.2 Å². The van der Waals surface area contributed by atoms with Gasteiger partial charge in [-0.2, -0.15) is 0 Å². The summed E-state index contributed by atoms with van der Waals surface area (Å²) in [5, 5.41) is 0. The van der Waals surface area contributed by atoms with Crippen LogP contribution in [-0.2, 0) is 0 Å². The Morgan fingerprint density at radius 3 is 2.86 bits per heavy atom. The summed E-state index contributed by atoms with van der Waals surface area (Å²) in [7, 11) is 0. The van der Waals surface area contributed by atoms with Crippen LogP contribution in [0.3, 0.4) is 0 Å². The van der Waals surface area contributed by atoms with E-state index in [1.165, 1.54) is 18.9 Å². The highest BCUT2D eigenvalue weighted by Crippen LogP contribution is 2.37. The molecule has 14 heavy (non-hydrogen) atoms. The van der Waals surface area contributed by atoms with Crippen LogP contribution < -0.4 is 5.73 Å². The number of rotatable bonds is 3. The maximum absolute atomic E-state index is 13.4. The highest BCUT2D eigenvalue weighted by molar-refractivity contribution is 14.1. The van der Waals surface area contributed by atoms with Crippen molar-refractivity contribution in [2.45, 2.75) is 25.3 Å². The highest BCUT2D eigenvalue weighted by Gasteiger charge is 2.25. The molecular weight excluding hydrogens is 292 g/mol. The van der Waals surface area contributed by atoms with E-state index in [9.17, 15) is 4.39 Å². The topological polar surface area (TPSA) is 26.0 Å². The molecule has 1 nitrogen and oxygen atoms in total. The molecule has 0 radical (unpaired) electrons. The van der Waals surface area contributed by atoms with Gasteiger partial charge >= 0.3 is 0 Å². The molecule has 1 aromatic carbocycles. The van der Waals surface area contributed by atoms with E-state index in [2.05, 4.69) is 22.6 Å². The summed E-state index contributed by atoms with van der Waals surface area (Å²) < 4.78 is 14.5. The molecule has 0 spiro atoms. The molecule has 0 aliphatic heterocycles. The van der Waals surface area contributed by atoms with E-state index in [1.54, 1.807) is 6.07 Å². The maximum Gasteiger partial charge on any atom is 0.128 e. The molecule has 0 heterocycles. The number of hydrogen-bond donors (Lipinski definition) is 1. The zero-order valence-corrected chi connectivity index (χ0v) is 10.00.